The molecule has 4 heteroatoms. The third-order valence-electron chi connectivity index (χ3n) is 3.42. The van der Waals surface area contributed by atoms with Crippen LogP contribution in [0.5, 0.6) is 0 Å². The molecule has 1 aromatic carbocycles. The standard InChI is InChI=1S/C17H12N2S2/c1-11-4-7-15(21-11)13-6-5-12(14-3-2-10-20-14)16-17(13)19-9-8-18-16/h2-10H,1H3. The van der Waals surface area contributed by atoms with E-state index in [1.807, 2.05) is 0 Å². The highest BCUT2D eigenvalue weighted by atomic mass is 32.1. The Labute approximate surface area is 130 Å². The Kier molecular flexibility index (Phi) is 3.05. The van der Waals surface area contributed by atoms with Gasteiger partial charge in [-0.05, 0) is 30.5 Å². The minimum absolute atomic E-state index is 0.975. The Morgan fingerprint density at radius 3 is 2.10 bits per heavy atom. The summed E-state index contributed by atoms with van der Waals surface area (Å²) in [5.41, 5.74) is 4.27. The lowest BCUT2D eigenvalue weighted by atomic mass is 10.1. The quantitative estimate of drug-likeness (QED) is 0.496. The van der Waals surface area contributed by atoms with Crippen LogP contribution in [-0.4, -0.2) is 9.97 Å². The summed E-state index contributed by atoms with van der Waals surface area (Å²) in [5.74, 6) is 0. The topological polar surface area (TPSA) is 25.8 Å². The lowest BCUT2D eigenvalue weighted by Crippen LogP contribution is -1.88. The van der Waals surface area contributed by atoms with Crippen molar-refractivity contribution in [3.05, 3.63) is 59.0 Å². The molecule has 0 atom stereocenters. The van der Waals surface area contributed by atoms with Crippen LogP contribution < -0.4 is 0 Å². The van der Waals surface area contributed by atoms with Crippen LogP contribution in [0.4, 0.5) is 0 Å². The lowest BCUT2D eigenvalue weighted by molar-refractivity contribution is 1.30. The van der Waals surface area contributed by atoms with Crippen molar-refractivity contribution in [1.29, 1.82) is 0 Å². The monoisotopic (exact) mass is 308 g/mol. The van der Waals surface area contributed by atoms with Crippen molar-refractivity contribution in [3.63, 3.8) is 0 Å². The summed E-state index contributed by atoms with van der Waals surface area (Å²) >= 11 is 3.53. The predicted molar refractivity (Wildman–Crippen MR) is 90.9 cm³/mol. The third-order valence-corrected chi connectivity index (χ3v) is 5.35. The van der Waals surface area contributed by atoms with E-state index in [0.717, 1.165) is 22.2 Å². The van der Waals surface area contributed by atoms with Crippen LogP contribution >= 0.6 is 22.7 Å². The number of aromatic nitrogens is 2. The van der Waals surface area contributed by atoms with Gasteiger partial charge in [-0.25, -0.2) is 0 Å². The van der Waals surface area contributed by atoms with E-state index in [0.29, 0.717) is 0 Å². The fourth-order valence-electron chi connectivity index (χ4n) is 2.47. The van der Waals surface area contributed by atoms with Gasteiger partial charge in [0.1, 0.15) is 0 Å². The zero-order valence-electron chi connectivity index (χ0n) is 11.4. The molecule has 21 heavy (non-hydrogen) atoms. The van der Waals surface area contributed by atoms with Crippen molar-refractivity contribution >= 4 is 33.7 Å². The van der Waals surface area contributed by atoms with E-state index < -0.39 is 0 Å². The fraction of sp³-hybridized carbons (Fsp3) is 0.0588. The van der Waals surface area contributed by atoms with Gasteiger partial charge in [0, 0.05) is 38.2 Å². The van der Waals surface area contributed by atoms with Crippen molar-refractivity contribution in [2.75, 3.05) is 0 Å². The maximum atomic E-state index is 4.59. The van der Waals surface area contributed by atoms with Crippen molar-refractivity contribution in [3.8, 4) is 20.9 Å². The third kappa shape index (κ3) is 2.17. The average molecular weight is 308 g/mol. The van der Waals surface area contributed by atoms with Gasteiger partial charge in [-0.15, -0.1) is 22.7 Å². The van der Waals surface area contributed by atoms with E-state index in [1.165, 1.54) is 14.6 Å². The van der Waals surface area contributed by atoms with E-state index in [2.05, 4.69) is 58.7 Å². The molecule has 0 spiro atoms. The van der Waals surface area contributed by atoms with Gasteiger partial charge in [0.2, 0.25) is 0 Å². The van der Waals surface area contributed by atoms with Gasteiger partial charge >= 0.3 is 0 Å². The van der Waals surface area contributed by atoms with Gasteiger partial charge in [-0.3, -0.25) is 9.97 Å². The molecule has 0 unspecified atom stereocenters. The fourth-order valence-corrected chi connectivity index (χ4v) is 4.11. The molecule has 0 N–H and O–H groups in total. The number of rotatable bonds is 2. The highest BCUT2D eigenvalue weighted by molar-refractivity contribution is 7.15. The van der Waals surface area contributed by atoms with Gasteiger partial charge in [0.05, 0.1) is 11.0 Å². The van der Waals surface area contributed by atoms with Gasteiger partial charge in [-0.2, -0.15) is 0 Å². The number of nitrogens with zero attached hydrogens (tertiary/aromatic N) is 2. The van der Waals surface area contributed by atoms with Crippen LogP contribution in [0.25, 0.3) is 31.9 Å². The van der Waals surface area contributed by atoms with E-state index in [-0.39, 0.29) is 0 Å². The molecule has 0 fully saturated rings. The Bertz CT molecular complexity index is 908. The summed E-state index contributed by atoms with van der Waals surface area (Å²) in [4.78, 5) is 13.0. The molecule has 0 aliphatic rings. The maximum absolute atomic E-state index is 4.59. The molecule has 4 rings (SSSR count). The number of hydrogen-bond donors (Lipinski definition) is 0. The first-order chi connectivity index (χ1) is 10.3. The van der Waals surface area contributed by atoms with Gasteiger partial charge in [0.25, 0.3) is 0 Å². The summed E-state index contributed by atoms with van der Waals surface area (Å²) in [5, 5.41) is 2.09. The Morgan fingerprint density at radius 1 is 0.810 bits per heavy atom. The molecule has 3 aromatic heterocycles. The molecule has 0 amide bonds. The lowest BCUT2D eigenvalue weighted by Gasteiger charge is -2.07. The molecule has 0 saturated heterocycles. The van der Waals surface area contributed by atoms with Gasteiger partial charge < -0.3 is 0 Å². The van der Waals surface area contributed by atoms with Crippen LogP contribution in [0.3, 0.4) is 0 Å². The highest BCUT2D eigenvalue weighted by Gasteiger charge is 2.12. The Hall–Kier alpha value is -2.04. The normalized spacial score (nSPS) is 11.1. The summed E-state index contributed by atoms with van der Waals surface area (Å²) in [7, 11) is 0. The van der Waals surface area contributed by atoms with Crippen LogP contribution in [0.2, 0.25) is 0 Å². The number of aryl methyl sites for hydroxylation is 1. The smallest absolute Gasteiger partial charge is 0.0979 e. The van der Waals surface area contributed by atoms with E-state index in [4.69, 9.17) is 0 Å². The SMILES string of the molecule is Cc1ccc(-c2ccc(-c3cccs3)c3nccnc23)s1. The summed E-state index contributed by atoms with van der Waals surface area (Å²) in [6.07, 6.45) is 3.54. The molecule has 0 aliphatic carbocycles. The van der Waals surface area contributed by atoms with Gasteiger partial charge in [-0.1, -0.05) is 18.2 Å². The van der Waals surface area contributed by atoms with E-state index in [1.54, 1.807) is 35.1 Å². The molecular formula is C17H12N2S2. The van der Waals surface area contributed by atoms with Crippen molar-refractivity contribution in [1.82, 2.24) is 9.97 Å². The predicted octanol–water partition coefficient (Wildman–Crippen LogP) is 5.40. The summed E-state index contributed by atoms with van der Waals surface area (Å²) in [6.45, 7) is 2.13. The van der Waals surface area contributed by atoms with E-state index >= 15 is 0 Å². The number of fused-ring (bicyclic) bond motifs is 1. The number of thiophene rings is 2. The molecule has 0 aliphatic heterocycles. The van der Waals surface area contributed by atoms with Crippen LogP contribution in [0.1, 0.15) is 4.88 Å². The minimum Gasteiger partial charge on any atom is -0.252 e. The van der Waals surface area contributed by atoms with Crippen molar-refractivity contribution in [2.45, 2.75) is 6.92 Å². The average Bonchev–Trinajstić information content (AvgIpc) is 3.17. The second kappa shape index (κ2) is 5.06. The molecule has 0 radical (unpaired) electrons. The molecular weight excluding hydrogens is 296 g/mol. The number of hydrogen-bond acceptors (Lipinski definition) is 4. The number of benzene rings is 1. The van der Waals surface area contributed by atoms with Crippen LogP contribution in [-0.2, 0) is 0 Å². The van der Waals surface area contributed by atoms with Crippen LogP contribution in [0, 0.1) is 6.92 Å². The molecule has 3 heterocycles. The first kappa shape index (κ1) is 12.7. The van der Waals surface area contributed by atoms with E-state index in [9.17, 15) is 0 Å². The van der Waals surface area contributed by atoms with Crippen molar-refractivity contribution < 1.29 is 0 Å². The first-order valence-electron chi connectivity index (χ1n) is 6.67. The summed E-state index contributed by atoms with van der Waals surface area (Å²) < 4.78 is 0. The first-order valence-corrected chi connectivity index (χ1v) is 8.37. The summed E-state index contributed by atoms with van der Waals surface area (Å²) in [6, 6.07) is 12.8. The maximum Gasteiger partial charge on any atom is 0.0979 e. The van der Waals surface area contributed by atoms with Crippen LogP contribution in [0.15, 0.2) is 54.2 Å². The molecule has 4 aromatic rings. The largest absolute Gasteiger partial charge is 0.252 e. The minimum atomic E-state index is 0.975. The zero-order chi connectivity index (χ0) is 14.2. The molecule has 2 nitrogen and oxygen atoms in total. The second-order valence-electron chi connectivity index (χ2n) is 4.80. The van der Waals surface area contributed by atoms with Gasteiger partial charge in [0.15, 0.2) is 0 Å². The second-order valence-corrected chi connectivity index (χ2v) is 7.04. The van der Waals surface area contributed by atoms with Crippen molar-refractivity contribution in [2.24, 2.45) is 0 Å². The molecule has 102 valence electrons. The molecule has 0 saturated carbocycles. The zero-order valence-corrected chi connectivity index (χ0v) is 13.0. The molecule has 0 bridgehead atoms. The highest BCUT2D eigenvalue weighted by Crippen LogP contribution is 2.37. The Balaban J connectivity index is 2.02. The Morgan fingerprint density at radius 2 is 1.52 bits per heavy atom.